The quantitative estimate of drug-likeness (QED) is 0.729. The molecule has 0 spiro atoms. The Hall–Kier alpha value is -1.06. The highest BCUT2D eigenvalue weighted by atomic mass is 16.5. The molecule has 0 aliphatic carbocycles. The van der Waals surface area contributed by atoms with E-state index in [9.17, 15) is 0 Å². The molecule has 1 aromatic rings. The second-order valence-electron chi connectivity index (χ2n) is 4.23. The molecule has 0 aliphatic rings. The van der Waals surface area contributed by atoms with Crippen molar-refractivity contribution in [1.29, 1.82) is 0 Å². The average molecular weight is 237 g/mol. The maximum absolute atomic E-state index is 8.82. The molecular weight excluding hydrogens is 214 g/mol. The van der Waals surface area contributed by atoms with Crippen molar-refractivity contribution in [3.05, 3.63) is 29.8 Å². The normalized spacial score (nSPS) is 12.4. The topological polar surface area (TPSA) is 41.5 Å². The summed E-state index contributed by atoms with van der Waals surface area (Å²) in [5, 5.41) is 12.3. The van der Waals surface area contributed by atoms with Crippen molar-refractivity contribution in [3.8, 4) is 0 Å². The molecule has 1 aromatic carbocycles. The number of aliphatic hydroxyl groups excluding tert-OH is 1. The van der Waals surface area contributed by atoms with Crippen LogP contribution in [0, 0.1) is 0 Å². The number of nitrogens with one attached hydrogen (secondary N) is 1. The van der Waals surface area contributed by atoms with Crippen molar-refractivity contribution < 1.29 is 9.84 Å². The summed E-state index contributed by atoms with van der Waals surface area (Å²) < 4.78 is 5.17. The van der Waals surface area contributed by atoms with E-state index in [1.54, 1.807) is 7.11 Å². The largest absolute Gasteiger partial charge is 0.396 e. The van der Waals surface area contributed by atoms with Crippen LogP contribution in [-0.2, 0) is 11.2 Å². The van der Waals surface area contributed by atoms with Gasteiger partial charge in [0.2, 0.25) is 0 Å². The molecule has 1 unspecified atom stereocenters. The minimum atomic E-state index is 0.249. The van der Waals surface area contributed by atoms with Crippen LogP contribution in [0.4, 0.5) is 5.69 Å². The highest BCUT2D eigenvalue weighted by Crippen LogP contribution is 2.14. The van der Waals surface area contributed by atoms with E-state index in [2.05, 4.69) is 36.5 Å². The fourth-order valence-corrected chi connectivity index (χ4v) is 1.80. The van der Waals surface area contributed by atoms with Gasteiger partial charge in [-0.2, -0.15) is 0 Å². The summed E-state index contributed by atoms with van der Waals surface area (Å²) in [7, 11) is 1.72. The number of ether oxygens (including phenoxy) is 1. The third kappa shape index (κ3) is 5.20. The van der Waals surface area contributed by atoms with Crippen molar-refractivity contribution in [1.82, 2.24) is 0 Å². The van der Waals surface area contributed by atoms with Crippen LogP contribution in [0.2, 0.25) is 0 Å². The number of aryl methyl sites for hydroxylation is 1. The molecule has 1 atom stereocenters. The molecule has 3 nitrogen and oxygen atoms in total. The van der Waals surface area contributed by atoms with Gasteiger partial charge in [-0.1, -0.05) is 19.1 Å². The molecule has 1 rings (SSSR count). The molecule has 0 saturated heterocycles. The minimum Gasteiger partial charge on any atom is -0.396 e. The Balaban J connectivity index is 2.57. The van der Waals surface area contributed by atoms with Gasteiger partial charge in [0.05, 0.1) is 6.61 Å². The number of aliphatic hydroxyl groups is 1. The first-order valence-electron chi connectivity index (χ1n) is 6.25. The third-order valence-corrected chi connectivity index (χ3v) is 2.78. The zero-order chi connectivity index (χ0) is 12.5. The summed E-state index contributed by atoms with van der Waals surface area (Å²) in [5.41, 5.74) is 2.39. The van der Waals surface area contributed by atoms with Crippen LogP contribution in [-0.4, -0.2) is 31.5 Å². The van der Waals surface area contributed by atoms with Gasteiger partial charge in [0.25, 0.3) is 0 Å². The number of hydrogen-bond acceptors (Lipinski definition) is 3. The van der Waals surface area contributed by atoms with Gasteiger partial charge in [0.15, 0.2) is 0 Å². The number of hydrogen-bond donors (Lipinski definition) is 2. The standard InChI is InChI=1S/C14H23NO2/c1-3-13(11-17-2)15-14-8-4-6-12(10-14)7-5-9-16/h4,6,8,10,13,15-16H,3,5,7,9,11H2,1-2H3. The second kappa shape index (κ2) is 8.09. The maximum atomic E-state index is 8.82. The van der Waals surface area contributed by atoms with E-state index in [-0.39, 0.29) is 6.61 Å². The van der Waals surface area contributed by atoms with Crippen LogP contribution >= 0.6 is 0 Å². The monoisotopic (exact) mass is 237 g/mol. The van der Waals surface area contributed by atoms with E-state index >= 15 is 0 Å². The van der Waals surface area contributed by atoms with E-state index in [0.717, 1.165) is 31.6 Å². The predicted octanol–water partition coefficient (Wildman–Crippen LogP) is 2.45. The van der Waals surface area contributed by atoms with Crippen LogP contribution in [0.3, 0.4) is 0 Å². The maximum Gasteiger partial charge on any atom is 0.0663 e. The van der Waals surface area contributed by atoms with Crippen LogP contribution in [0.15, 0.2) is 24.3 Å². The molecule has 17 heavy (non-hydrogen) atoms. The van der Waals surface area contributed by atoms with Crippen molar-refractivity contribution in [2.75, 3.05) is 25.6 Å². The Kier molecular flexibility index (Phi) is 6.67. The highest BCUT2D eigenvalue weighted by molar-refractivity contribution is 5.46. The lowest BCUT2D eigenvalue weighted by Gasteiger charge is -2.17. The zero-order valence-electron chi connectivity index (χ0n) is 10.8. The average Bonchev–Trinajstić information content (AvgIpc) is 2.36. The number of anilines is 1. The molecule has 2 N–H and O–H groups in total. The molecule has 0 heterocycles. The lowest BCUT2D eigenvalue weighted by molar-refractivity contribution is 0.184. The van der Waals surface area contributed by atoms with Crippen molar-refractivity contribution >= 4 is 5.69 Å². The molecule has 0 amide bonds. The van der Waals surface area contributed by atoms with Gasteiger partial charge in [-0.15, -0.1) is 0 Å². The summed E-state index contributed by atoms with van der Waals surface area (Å²) in [6.45, 7) is 3.11. The van der Waals surface area contributed by atoms with Crippen LogP contribution in [0.25, 0.3) is 0 Å². The van der Waals surface area contributed by atoms with Gasteiger partial charge in [0.1, 0.15) is 0 Å². The van der Waals surface area contributed by atoms with E-state index in [1.807, 2.05) is 0 Å². The Bertz CT molecular complexity index is 315. The summed E-state index contributed by atoms with van der Waals surface area (Å²) in [5.74, 6) is 0. The third-order valence-electron chi connectivity index (χ3n) is 2.78. The fraction of sp³-hybridized carbons (Fsp3) is 0.571. The minimum absolute atomic E-state index is 0.249. The summed E-state index contributed by atoms with van der Waals surface area (Å²) in [6.07, 6.45) is 2.78. The summed E-state index contributed by atoms with van der Waals surface area (Å²) in [4.78, 5) is 0. The van der Waals surface area contributed by atoms with E-state index in [4.69, 9.17) is 9.84 Å². The molecule has 0 radical (unpaired) electrons. The van der Waals surface area contributed by atoms with Crippen LogP contribution in [0.1, 0.15) is 25.3 Å². The first kappa shape index (κ1) is 14.0. The Labute approximate surface area is 104 Å². The lowest BCUT2D eigenvalue weighted by atomic mass is 10.1. The van der Waals surface area contributed by atoms with E-state index in [1.165, 1.54) is 5.56 Å². The molecule has 3 heteroatoms. The van der Waals surface area contributed by atoms with Crippen LogP contribution in [0.5, 0.6) is 0 Å². The first-order valence-corrected chi connectivity index (χ1v) is 6.25. The van der Waals surface area contributed by atoms with Crippen molar-refractivity contribution in [2.24, 2.45) is 0 Å². The molecular formula is C14H23NO2. The molecule has 0 aromatic heterocycles. The lowest BCUT2D eigenvalue weighted by Crippen LogP contribution is -2.23. The molecule has 0 fully saturated rings. The number of methoxy groups -OCH3 is 1. The summed E-state index contributed by atoms with van der Waals surface area (Å²) >= 11 is 0. The smallest absolute Gasteiger partial charge is 0.0663 e. The predicted molar refractivity (Wildman–Crippen MR) is 71.4 cm³/mol. The van der Waals surface area contributed by atoms with Gasteiger partial charge >= 0.3 is 0 Å². The van der Waals surface area contributed by atoms with Crippen molar-refractivity contribution in [2.45, 2.75) is 32.2 Å². The Morgan fingerprint density at radius 1 is 1.41 bits per heavy atom. The summed E-state index contributed by atoms with van der Waals surface area (Å²) in [6, 6.07) is 8.72. The molecule has 0 saturated carbocycles. The number of rotatable bonds is 8. The van der Waals surface area contributed by atoms with Gasteiger partial charge in [0, 0.05) is 25.4 Å². The SMILES string of the molecule is CCC(COC)Nc1cccc(CCCO)c1. The van der Waals surface area contributed by atoms with Gasteiger partial charge in [-0.3, -0.25) is 0 Å². The van der Waals surface area contributed by atoms with Gasteiger partial charge < -0.3 is 15.2 Å². The molecule has 0 aliphatic heterocycles. The fourth-order valence-electron chi connectivity index (χ4n) is 1.80. The van der Waals surface area contributed by atoms with Gasteiger partial charge in [-0.25, -0.2) is 0 Å². The second-order valence-corrected chi connectivity index (χ2v) is 4.23. The highest BCUT2D eigenvalue weighted by Gasteiger charge is 2.05. The zero-order valence-corrected chi connectivity index (χ0v) is 10.8. The van der Waals surface area contributed by atoms with E-state index in [0.29, 0.717) is 6.04 Å². The van der Waals surface area contributed by atoms with E-state index < -0.39 is 0 Å². The van der Waals surface area contributed by atoms with Crippen LogP contribution < -0.4 is 5.32 Å². The Morgan fingerprint density at radius 3 is 2.88 bits per heavy atom. The Morgan fingerprint density at radius 2 is 2.24 bits per heavy atom. The van der Waals surface area contributed by atoms with Crippen molar-refractivity contribution in [3.63, 3.8) is 0 Å². The molecule has 0 bridgehead atoms. The van der Waals surface area contributed by atoms with Gasteiger partial charge in [-0.05, 0) is 37.0 Å². The first-order chi connectivity index (χ1) is 8.30. The number of benzene rings is 1. The molecule has 96 valence electrons.